The van der Waals surface area contributed by atoms with Crippen molar-refractivity contribution in [3.8, 4) is 5.75 Å². The van der Waals surface area contributed by atoms with E-state index in [1.165, 1.54) is 0 Å². The number of aryl methyl sites for hydroxylation is 1. The van der Waals surface area contributed by atoms with Crippen LogP contribution in [0.5, 0.6) is 5.75 Å². The van der Waals surface area contributed by atoms with E-state index in [0.717, 1.165) is 49.6 Å². The SMILES string of the molecule is Cl.Cl.Cn1ccnc1COc1ccc(NC(=O)C2CC23CCNCC3)cc1. The minimum Gasteiger partial charge on any atom is -0.486 e. The predicted molar refractivity (Wildman–Crippen MR) is 110 cm³/mol. The van der Waals surface area contributed by atoms with Crippen LogP contribution in [0.4, 0.5) is 5.69 Å². The van der Waals surface area contributed by atoms with Crippen molar-refractivity contribution in [2.45, 2.75) is 25.9 Å². The zero-order valence-corrected chi connectivity index (χ0v) is 16.9. The molecule has 1 atom stereocenters. The molecule has 2 N–H and O–H groups in total. The number of rotatable bonds is 5. The van der Waals surface area contributed by atoms with Gasteiger partial charge in [-0.25, -0.2) is 4.98 Å². The lowest BCUT2D eigenvalue weighted by Gasteiger charge is -2.23. The molecule has 6 nitrogen and oxygen atoms in total. The summed E-state index contributed by atoms with van der Waals surface area (Å²) in [4.78, 5) is 16.7. The number of piperidine rings is 1. The highest BCUT2D eigenvalue weighted by Gasteiger charge is 2.57. The average Bonchev–Trinajstić information content (AvgIpc) is 3.16. The maximum Gasteiger partial charge on any atom is 0.228 e. The van der Waals surface area contributed by atoms with Gasteiger partial charge in [-0.05, 0) is 62.0 Å². The number of ether oxygens (including phenoxy) is 1. The molecule has 2 aliphatic rings. The van der Waals surface area contributed by atoms with E-state index >= 15 is 0 Å². The van der Waals surface area contributed by atoms with Crippen molar-refractivity contribution in [2.24, 2.45) is 18.4 Å². The summed E-state index contributed by atoms with van der Waals surface area (Å²) in [5.74, 6) is 1.97. The van der Waals surface area contributed by atoms with Gasteiger partial charge in [-0.15, -0.1) is 24.8 Å². The van der Waals surface area contributed by atoms with E-state index in [0.29, 0.717) is 6.61 Å². The fourth-order valence-corrected chi connectivity index (χ4v) is 3.74. The Labute approximate surface area is 171 Å². The molecule has 1 amide bonds. The standard InChI is InChI=1S/C19H24N4O2.2ClH/c1-23-11-10-21-17(23)13-25-15-4-2-14(3-5-15)22-18(24)16-12-19(16)6-8-20-9-7-19;;/h2-5,10-11,16,20H,6-9,12-13H2,1H3,(H,22,24);2*1H. The largest absolute Gasteiger partial charge is 0.486 e. The predicted octanol–water partition coefficient (Wildman–Crippen LogP) is 3.17. The van der Waals surface area contributed by atoms with Gasteiger partial charge in [-0.1, -0.05) is 0 Å². The molecule has 8 heteroatoms. The minimum absolute atomic E-state index is 0. The van der Waals surface area contributed by atoms with Crippen molar-refractivity contribution in [2.75, 3.05) is 18.4 Å². The zero-order chi connectivity index (χ0) is 17.3. The van der Waals surface area contributed by atoms with Crippen LogP contribution in [-0.2, 0) is 18.4 Å². The normalized spacial score (nSPS) is 19.5. The third-order valence-electron chi connectivity index (χ3n) is 5.52. The number of amides is 1. The number of nitrogens with zero attached hydrogens (tertiary/aromatic N) is 2. The number of hydrogen-bond donors (Lipinski definition) is 2. The summed E-state index contributed by atoms with van der Waals surface area (Å²) in [6.45, 7) is 2.49. The molecule has 1 aliphatic heterocycles. The van der Waals surface area contributed by atoms with Gasteiger partial charge in [0.05, 0.1) is 0 Å². The first-order valence-corrected chi connectivity index (χ1v) is 8.87. The summed E-state index contributed by atoms with van der Waals surface area (Å²) in [6, 6.07) is 7.55. The zero-order valence-electron chi connectivity index (χ0n) is 15.3. The fraction of sp³-hybridized carbons (Fsp3) is 0.474. The highest BCUT2D eigenvalue weighted by atomic mass is 35.5. The van der Waals surface area contributed by atoms with E-state index in [4.69, 9.17) is 4.74 Å². The van der Waals surface area contributed by atoms with E-state index in [9.17, 15) is 4.79 Å². The maximum atomic E-state index is 12.5. The Bertz CT molecular complexity index is 757. The summed E-state index contributed by atoms with van der Waals surface area (Å²) >= 11 is 0. The van der Waals surface area contributed by atoms with Crippen molar-refractivity contribution >= 4 is 36.4 Å². The van der Waals surface area contributed by atoms with Gasteiger partial charge in [0.2, 0.25) is 5.91 Å². The van der Waals surface area contributed by atoms with Crippen LogP contribution in [0.1, 0.15) is 25.1 Å². The Balaban J connectivity index is 0.00000131. The van der Waals surface area contributed by atoms with Crippen LogP contribution >= 0.6 is 24.8 Å². The molecule has 1 unspecified atom stereocenters. The van der Waals surface area contributed by atoms with E-state index in [2.05, 4.69) is 15.6 Å². The van der Waals surface area contributed by atoms with Gasteiger partial charge in [0.25, 0.3) is 0 Å². The molecule has 4 rings (SSSR count). The van der Waals surface area contributed by atoms with Crippen molar-refractivity contribution in [1.82, 2.24) is 14.9 Å². The van der Waals surface area contributed by atoms with Crippen molar-refractivity contribution < 1.29 is 9.53 Å². The van der Waals surface area contributed by atoms with Crippen molar-refractivity contribution in [3.63, 3.8) is 0 Å². The number of imidazole rings is 1. The lowest BCUT2D eigenvalue weighted by atomic mass is 9.92. The monoisotopic (exact) mass is 412 g/mol. The molecule has 1 aliphatic carbocycles. The van der Waals surface area contributed by atoms with Crippen LogP contribution in [0.25, 0.3) is 0 Å². The average molecular weight is 413 g/mol. The van der Waals surface area contributed by atoms with Crippen LogP contribution in [0.15, 0.2) is 36.7 Å². The second-order valence-electron chi connectivity index (χ2n) is 7.13. The Hall–Kier alpha value is -1.76. The van der Waals surface area contributed by atoms with Crippen LogP contribution in [0.3, 0.4) is 0 Å². The summed E-state index contributed by atoms with van der Waals surface area (Å²) in [7, 11) is 1.94. The smallest absolute Gasteiger partial charge is 0.228 e. The van der Waals surface area contributed by atoms with Gasteiger partial charge in [-0.3, -0.25) is 4.79 Å². The molecule has 2 aromatic rings. The van der Waals surface area contributed by atoms with Gasteiger partial charge >= 0.3 is 0 Å². The van der Waals surface area contributed by atoms with Crippen molar-refractivity contribution in [3.05, 3.63) is 42.5 Å². The molecule has 1 spiro atoms. The summed E-state index contributed by atoms with van der Waals surface area (Å²) in [5.41, 5.74) is 1.09. The van der Waals surface area contributed by atoms with Crippen LogP contribution in [-0.4, -0.2) is 28.5 Å². The van der Waals surface area contributed by atoms with Crippen LogP contribution in [0.2, 0.25) is 0 Å². The molecule has 0 bridgehead atoms. The molecule has 148 valence electrons. The number of hydrogen-bond acceptors (Lipinski definition) is 4. The van der Waals surface area contributed by atoms with Gasteiger partial charge < -0.3 is 19.9 Å². The number of carbonyl (C=O) groups excluding carboxylic acids is 1. The first-order valence-electron chi connectivity index (χ1n) is 8.87. The van der Waals surface area contributed by atoms with Gasteiger partial charge in [0.1, 0.15) is 18.2 Å². The second-order valence-corrected chi connectivity index (χ2v) is 7.13. The molecule has 0 radical (unpaired) electrons. The molecular weight excluding hydrogens is 387 g/mol. The van der Waals surface area contributed by atoms with Gasteiger partial charge in [0.15, 0.2) is 0 Å². The topological polar surface area (TPSA) is 68.2 Å². The Morgan fingerprint density at radius 3 is 2.63 bits per heavy atom. The Morgan fingerprint density at radius 2 is 2.00 bits per heavy atom. The lowest BCUT2D eigenvalue weighted by Crippen LogP contribution is -2.31. The molecule has 1 aromatic heterocycles. The maximum absolute atomic E-state index is 12.5. The molecule has 27 heavy (non-hydrogen) atoms. The van der Waals surface area contributed by atoms with Gasteiger partial charge in [-0.2, -0.15) is 0 Å². The number of anilines is 1. The summed E-state index contributed by atoms with van der Waals surface area (Å²) < 4.78 is 7.67. The highest BCUT2D eigenvalue weighted by Crippen LogP contribution is 2.58. The summed E-state index contributed by atoms with van der Waals surface area (Å²) in [5, 5.41) is 6.42. The summed E-state index contributed by atoms with van der Waals surface area (Å²) in [6.07, 6.45) is 6.91. The Morgan fingerprint density at radius 1 is 1.30 bits per heavy atom. The molecular formula is C19H26Cl2N4O2. The van der Waals surface area contributed by atoms with Crippen LogP contribution < -0.4 is 15.4 Å². The second kappa shape index (κ2) is 8.95. The third-order valence-corrected chi connectivity index (χ3v) is 5.52. The third kappa shape index (κ3) is 4.75. The van der Waals surface area contributed by atoms with Gasteiger partial charge in [0, 0.05) is 31.0 Å². The van der Waals surface area contributed by atoms with Crippen LogP contribution in [0, 0.1) is 11.3 Å². The molecule has 1 saturated carbocycles. The van der Waals surface area contributed by atoms with E-state index in [1.54, 1.807) is 6.20 Å². The number of halogens is 2. The number of aromatic nitrogens is 2. The Kier molecular flexibility index (Phi) is 7.14. The number of benzene rings is 1. The fourth-order valence-electron chi connectivity index (χ4n) is 3.74. The van der Waals surface area contributed by atoms with Crippen molar-refractivity contribution in [1.29, 1.82) is 0 Å². The van der Waals surface area contributed by atoms with E-state index in [1.807, 2.05) is 42.1 Å². The number of carbonyl (C=O) groups is 1. The molecule has 2 heterocycles. The van der Waals surface area contributed by atoms with E-state index in [-0.39, 0.29) is 42.1 Å². The lowest BCUT2D eigenvalue weighted by molar-refractivity contribution is -0.118. The minimum atomic E-state index is 0. The van der Waals surface area contributed by atoms with E-state index < -0.39 is 0 Å². The molecule has 1 aromatic carbocycles. The molecule has 1 saturated heterocycles. The first kappa shape index (κ1) is 21.5. The first-order chi connectivity index (χ1) is 12.2. The highest BCUT2D eigenvalue weighted by molar-refractivity contribution is 5.95. The quantitative estimate of drug-likeness (QED) is 0.790. The molecule has 2 fully saturated rings. The number of nitrogens with one attached hydrogen (secondary N) is 2.